The Morgan fingerprint density at radius 1 is 1.19 bits per heavy atom. The van der Waals surface area contributed by atoms with Gasteiger partial charge in [-0.25, -0.2) is 4.98 Å². The van der Waals surface area contributed by atoms with Gasteiger partial charge < -0.3 is 19.5 Å². The number of anilines is 2. The van der Waals surface area contributed by atoms with Crippen LogP contribution in [-0.4, -0.2) is 29.1 Å². The summed E-state index contributed by atoms with van der Waals surface area (Å²) in [4.78, 5) is 19.2. The van der Waals surface area contributed by atoms with E-state index in [9.17, 15) is 4.79 Å². The molecule has 140 valence electrons. The molecule has 0 spiro atoms. The first kappa shape index (κ1) is 17.4. The Morgan fingerprint density at radius 3 is 2.78 bits per heavy atom. The van der Waals surface area contributed by atoms with Crippen LogP contribution in [0.4, 0.5) is 11.4 Å². The summed E-state index contributed by atoms with van der Waals surface area (Å²) < 4.78 is 7.70. The third kappa shape index (κ3) is 3.23. The van der Waals surface area contributed by atoms with Crippen molar-refractivity contribution in [3.8, 4) is 5.75 Å². The van der Waals surface area contributed by atoms with Gasteiger partial charge in [-0.05, 0) is 30.3 Å². The molecule has 0 bridgehead atoms. The van der Waals surface area contributed by atoms with E-state index < -0.39 is 0 Å². The lowest BCUT2D eigenvalue weighted by molar-refractivity contribution is -0.118. The van der Waals surface area contributed by atoms with Gasteiger partial charge >= 0.3 is 0 Å². The second kappa shape index (κ2) is 6.95. The molecule has 1 aromatic heterocycles. The molecule has 0 atom stereocenters. The molecule has 1 amide bonds. The Morgan fingerprint density at radius 2 is 2.00 bits per heavy atom. The van der Waals surface area contributed by atoms with Crippen LogP contribution in [0.2, 0.25) is 0 Å². The molecular weight excluding hydrogens is 340 g/mol. The number of fused-ring (bicyclic) bond motifs is 3. The Hall–Kier alpha value is -3.02. The highest BCUT2D eigenvalue weighted by atomic mass is 16.5. The van der Waals surface area contributed by atoms with Gasteiger partial charge in [0.05, 0.1) is 30.4 Å². The molecule has 3 aromatic rings. The van der Waals surface area contributed by atoms with Crippen molar-refractivity contribution in [2.75, 3.05) is 23.9 Å². The van der Waals surface area contributed by atoms with Gasteiger partial charge in [0.1, 0.15) is 11.6 Å². The number of rotatable bonds is 4. The second-order valence-corrected chi connectivity index (χ2v) is 7.12. The molecule has 6 nitrogen and oxygen atoms in total. The number of benzene rings is 2. The predicted molar refractivity (Wildman–Crippen MR) is 107 cm³/mol. The number of carbonyl (C=O) groups excluding carboxylic acids is 1. The van der Waals surface area contributed by atoms with Crippen LogP contribution >= 0.6 is 0 Å². The highest BCUT2D eigenvalue weighted by Crippen LogP contribution is 2.32. The van der Waals surface area contributed by atoms with E-state index in [1.807, 2.05) is 38.1 Å². The maximum atomic E-state index is 12.1. The molecule has 0 saturated heterocycles. The molecule has 0 radical (unpaired) electrons. The van der Waals surface area contributed by atoms with E-state index in [1.165, 1.54) is 5.52 Å². The van der Waals surface area contributed by atoms with Gasteiger partial charge in [0.15, 0.2) is 0 Å². The van der Waals surface area contributed by atoms with Crippen LogP contribution in [0.3, 0.4) is 0 Å². The number of carbonyl (C=O) groups is 1. The molecule has 1 N–H and O–H groups in total. The lowest BCUT2D eigenvalue weighted by atomic mass is 10.1. The highest BCUT2D eigenvalue weighted by molar-refractivity contribution is 5.94. The molecule has 2 heterocycles. The molecule has 0 unspecified atom stereocenters. The number of nitrogens with zero attached hydrogens (tertiary/aromatic N) is 3. The second-order valence-electron chi connectivity index (χ2n) is 7.12. The van der Waals surface area contributed by atoms with E-state index in [2.05, 4.69) is 33.0 Å². The molecule has 27 heavy (non-hydrogen) atoms. The Bertz CT molecular complexity index is 993. The van der Waals surface area contributed by atoms with Crippen molar-refractivity contribution >= 4 is 28.3 Å². The van der Waals surface area contributed by atoms with Gasteiger partial charge in [-0.3, -0.25) is 4.79 Å². The monoisotopic (exact) mass is 364 g/mol. The van der Waals surface area contributed by atoms with Crippen LogP contribution in [-0.2, 0) is 17.9 Å². The Kier molecular flexibility index (Phi) is 4.48. The van der Waals surface area contributed by atoms with Crippen molar-refractivity contribution in [2.24, 2.45) is 5.92 Å². The third-order valence-corrected chi connectivity index (χ3v) is 4.99. The Labute approximate surface area is 158 Å². The number of nitrogens with one attached hydrogen (secondary N) is 1. The van der Waals surface area contributed by atoms with Gasteiger partial charge in [0.2, 0.25) is 5.91 Å². The summed E-state index contributed by atoms with van der Waals surface area (Å²) in [5.41, 5.74) is 3.97. The van der Waals surface area contributed by atoms with Gasteiger partial charge in [0, 0.05) is 24.7 Å². The van der Waals surface area contributed by atoms with Gasteiger partial charge in [-0.2, -0.15) is 0 Å². The fraction of sp³-hybridized carbons (Fsp3) is 0.333. The van der Waals surface area contributed by atoms with Crippen LogP contribution < -0.4 is 15.0 Å². The van der Waals surface area contributed by atoms with Crippen LogP contribution in [0.25, 0.3) is 11.0 Å². The minimum atomic E-state index is -0.0896. The van der Waals surface area contributed by atoms with Gasteiger partial charge in [0.25, 0.3) is 0 Å². The van der Waals surface area contributed by atoms with Crippen LogP contribution in [0, 0.1) is 5.92 Å². The normalized spacial score (nSPS) is 13.7. The summed E-state index contributed by atoms with van der Waals surface area (Å²) in [5, 5.41) is 2.97. The summed E-state index contributed by atoms with van der Waals surface area (Å²) in [6.07, 6.45) is 0. The molecule has 0 saturated carbocycles. The lowest BCUT2D eigenvalue weighted by Gasteiger charge is -2.30. The molecule has 6 heteroatoms. The summed E-state index contributed by atoms with van der Waals surface area (Å²) in [5.74, 6) is 1.61. The molecule has 2 aromatic carbocycles. The zero-order valence-corrected chi connectivity index (χ0v) is 15.9. The molecule has 4 rings (SSSR count). The molecule has 1 aliphatic heterocycles. The van der Waals surface area contributed by atoms with Crippen molar-refractivity contribution in [3.63, 3.8) is 0 Å². The summed E-state index contributed by atoms with van der Waals surface area (Å²) in [6, 6.07) is 14.2. The van der Waals surface area contributed by atoms with Gasteiger partial charge in [-0.1, -0.05) is 26.0 Å². The third-order valence-electron chi connectivity index (χ3n) is 4.99. The lowest BCUT2D eigenvalue weighted by Crippen LogP contribution is -2.33. The number of aromatic nitrogens is 2. The minimum Gasteiger partial charge on any atom is -0.495 e. The smallest absolute Gasteiger partial charge is 0.227 e. The fourth-order valence-electron chi connectivity index (χ4n) is 3.45. The van der Waals surface area contributed by atoms with Crippen LogP contribution in [0.5, 0.6) is 5.75 Å². The number of ether oxygens (including phenoxy) is 1. The first-order chi connectivity index (χ1) is 13.1. The van der Waals surface area contributed by atoms with Crippen molar-refractivity contribution in [3.05, 3.63) is 48.3 Å². The average molecular weight is 364 g/mol. The summed E-state index contributed by atoms with van der Waals surface area (Å²) in [7, 11) is 1.61. The topological polar surface area (TPSA) is 59.4 Å². The van der Waals surface area contributed by atoms with E-state index >= 15 is 0 Å². The maximum absolute atomic E-state index is 12.1. The van der Waals surface area contributed by atoms with E-state index in [1.54, 1.807) is 7.11 Å². The number of hydrogen-bond acceptors (Lipinski definition) is 4. The standard InChI is InChI=1S/C21H24N4O2/c1-14(2)21(26)23-17-12-15(8-9-19(17)27-3)24-10-11-25-18-7-5-4-6-16(18)22-20(25)13-24/h4-9,12,14H,10-11,13H2,1-3H3,(H,23,26). The molecule has 1 aliphatic rings. The number of para-hydroxylation sites is 2. The van der Waals surface area contributed by atoms with E-state index in [-0.39, 0.29) is 11.8 Å². The fourth-order valence-corrected chi connectivity index (χ4v) is 3.45. The van der Waals surface area contributed by atoms with Crippen LogP contribution in [0.15, 0.2) is 42.5 Å². The first-order valence-corrected chi connectivity index (χ1v) is 9.25. The van der Waals surface area contributed by atoms with E-state index in [4.69, 9.17) is 9.72 Å². The zero-order valence-electron chi connectivity index (χ0n) is 15.9. The van der Waals surface area contributed by atoms with Crippen molar-refractivity contribution in [2.45, 2.75) is 26.9 Å². The minimum absolute atomic E-state index is 0.0223. The average Bonchev–Trinajstić information content (AvgIpc) is 3.05. The first-order valence-electron chi connectivity index (χ1n) is 9.25. The molecule has 0 aliphatic carbocycles. The molecular formula is C21H24N4O2. The van der Waals surface area contributed by atoms with E-state index in [0.29, 0.717) is 11.4 Å². The Balaban J connectivity index is 1.63. The summed E-state index contributed by atoms with van der Waals surface area (Å²) in [6.45, 7) is 6.26. The van der Waals surface area contributed by atoms with E-state index in [0.717, 1.165) is 36.7 Å². The number of methoxy groups -OCH3 is 1. The van der Waals surface area contributed by atoms with Crippen molar-refractivity contribution in [1.82, 2.24) is 9.55 Å². The summed E-state index contributed by atoms with van der Waals surface area (Å²) >= 11 is 0. The van der Waals surface area contributed by atoms with Crippen LogP contribution in [0.1, 0.15) is 19.7 Å². The zero-order chi connectivity index (χ0) is 19.0. The maximum Gasteiger partial charge on any atom is 0.227 e. The van der Waals surface area contributed by atoms with Crippen molar-refractivity contribution < 1.29 is 9.53 Å². The molecule has 0 fully saturated rings. The number of hydrogen-bond donors (Lipinski definition) is 1. The largest absolute Gasteiger partial charge is 0.495 e. The SMILES string of the molecule is COc1ccc(N2CCn3c(nc4ccccc43)C2)cc1NC(=O)C(C)C. The van der Waals surface area contributed by atoms with Crippen molar-refractivity contribution in [1.29, 1.82) is 0 Å². The quantitative estimate of drug-likeness (QED) is 0.768. The predicted octanol–water partition coefficient (Wildman–Crippen LogP) is 3.66. The number of imidazole rings is 1. The highest BCUT2D eigenvalue weighted by Gasteiger charge is 2.21. The van der Waals surface area contributed by atoms with Gasteiger partial charge in [-0.15, -0.1) is 0 Å². The number of amides is 1.